The van der Waals surface area contributed by atoms with Gasteiger partial charge in [-0.3, -0.25) is 10.1 Å². The molecule has 3 rings (SSSR count). The number of pyridine rings is 1. The minimum atomic E-state index is -0.542. The fraction of sp³-hybridized carbons (Fsp3) is 0.350. The van der Waals surface area contributed by atoms with Crippen molar-refractivity contribution in [2.24, 2.45) is 0 Å². The monoisotopic (exact) mass is 368 g/mol. The van der Waals surface area contributed by atoms with E-state index in [1.165, 1.54) is 12.8 Å². The number of aromatic nitrogens is 1. The average Bonchev–Trinajstić information content (AvgIpc) is 3.22. The van der Waals surface area contributed by atoms with Crippen LogP contribution in [0.4, 0.5) is 16.3 Å². The standard InChI is InChI=1S/C20H24N4O3/c1-2-27-20(26)23-17-7-5-6-16(12-17)19(25)22-14-15-8-9-18(21-13-15)24-10-3-4-11-24/h5-9,12-13H,2-4,10-11,14H2,1H3,(H,22,25)(H,23,26). The number of carbonyl (C=O) groups excluding carboxylic acids is 2. The van der Waals surface area contributed by atoms with E-state index in [9.17, 15) is 9.59 Å². The molecule has 142 valence electrons. The normalized spacial score (nSPS) is 13.3. The van der Waals surface area contributed by atoms with Crippen LogP contribution in [0.3, 0.4) is 0 Å². The Bertz CT molecular complexity index is 786. The quantitative estimate of drug-likeness (QED) is 0.818. The molecule has 1 aliphatic heterocycles. The minimum absolute atomic E-state index is 0.217. The van der Waals surface area contributed by atoms with E-state index in [0.29, 0.717) is 17.8 Å². The fourth-order valence-corrected chi connectivity index (χ4v) is 2.96. The summed E-state index contributed by atoms with van der Waals surface area (Å²) < 4.78 is 4.84. The van der Waals surface area contributed by atoms with Crippen molar-refractivity contribution in [3.05, 3.63) is 53.7 Å². The van der Waals surface area contributed by atoms with Crippen molar-refractivity contribution in [2.45, 2.75) is 26.3 Å². The van der Waals surface area contributed by atoms with E-state index in [1.54, 1.807) is 37.4 Å². The van der Waals surface area contributed by atoms with Gasteiger partial charge in [0.25, 0.3) is 5.91 Å². The summed E-state index contributed by atoms with van der Waals surface area (Å²) in [5.74, 6) is 0.770. The molecule has 0 spiro atoms. The van der Waals surface area contributed by atoms with Gasteiger partial charge in [0.2, 0.25) is 0 Å². The molecule has 1 aliphatic rings. The molecule has 2 amide bonds. The highest BCUT2D eigenvalue weighted by atomic mass is 16.5. The van der Waals surface area contributed by atoms with Crippen molar-refractivity contribution < 1.29 is 14.3 Å². The summed E-state index contributed by atoms with van der Waals surface area (Å²) in [7, 11) is 0. The van der Waals surface area contributed by atoms with E-state index in [2.05, 4.69) is 20.5 Å². The third-order valence-electron chi connectivity index (χ3n) is 4.34. The third-order valence-corrected chi connectivity index (χ3v) is 4.34. The van der Waals surface area contributed by atoms with Crippen molar-refractivity contribution in [1.82, 2.24) is 10.3 Å². The highest BCUT2D eigenvalue weighted by Gasteiger charge is 2.13. The zero-order valence-corrected chi connectivity index (χ0v) is 15.4. The third kappa shape index (κ3) is 5.20. The van der Waals surface area contributed by atoms with Crippen LogP contribution in [0.15, 0.2) is 42.6 Å². The molecule has 1 aromatic carbocycles. The first-order valence-electron chi connectivity index (χ1n) is 9.17. The van der Waals surface area contributed by atoms with E-state index < -0.39 is 6.09 Å². The van der Waals surface area contributed by atoms with Crippen molar-refractivity contribution in [3.63, 3.8) is 0 Å². The molecule has 7 nitrogen and oxygen atoms in total. The smallest absolute Gasteiger partial charge is 0.411 e. The SMILES string of the molecule is CCOC(=O)Nc1cccc(C(=O)NCc2ccc(N3CCCC3)nc2)c1. The lowest BCUT2D eigenvalue weighted by Gasteiger charge is -2.16. The first kappa shape index (κ1) is 18.7. The van der Waals surface area contributed by atoms with Crippen LogP contribution in [-0.2, 0) is 11.3 Å². The van der Waals surface area contributed by atoms with Crippen molar-refractivity contribution in [3.8, 4) is 0 Å². The molecule has 0 bridgehead atoms. The summed E-state index contributed by atoms with van der Waals surface area (Å²) in [4.78, 5) is 30.6. The number of rotatable bonds is 6. The second-order valence-corrected chi connectivity index (χ2v) is 6.33. The number of nitrogens with one attached hydrogen (secondary N) is 2. The lowest BCUT2D eigenvalue weighted by atomic mass is 10.2. The molecule has 0 saturated carbocycles. The molecule has 0 unspecified atom stereocenters. The zero-order chi connectivity index (χ0) is 19.1. The number of ether oxygens (including phenoxy) is 1. The molecule has 1 saturated heterocycles. The largest absolute Gasteiger partial charge is 0.450 e. The molecule has 2 heterocycles. The molecule has 0 radical (unpaired) electrons. The maximum Gasteiger partial charge on any atom is 0.411 e. The summed E-state index contributed by atoms with van der Waals surface area (Å²) >= 11 is 0. The van der Waals surface area contributed by atoms with Gasteiger partial charge in [-0.1, -0.05) is 12.1 Å². The summed E-state index contributed by atoms with van der Waals surface area (Å²) in [5.41, 5.74) is 1.91. The van der Waals surface area contributed by atoms with E-state index in [1.807, 2.05) is 12.1 Å². The van der Waals surface area contributed by atoms with Gasteiger partial charge in [-0.25, -0.2) is 9.78 Å². The maximum absolute atomic E-state index is 12.4. The molecule has 2 aromatic rings. The molecule has 0 atom stereocenters. The van der Waals surface area contributed by atoms with Crippen LogP contribution in [0, 0.1) is 0 Å². The van der Waals surface area contributed by atoms with E-state index >= 15 is 0 Å². The Labute approximate surface area is 158 Å². The zero-order valence-electron chi connectivity index (χ0n) is 15.4. The number of anilines is 2. The Morgan fingerprint density at radius 3 is 2.70 bits per heavy atom. The topological polar surface area (TPSA) is 83.6 Å². The number of amides is 2. The number of benzene rings is 1. The lowest BCUT2D eigenvalue weighted by Crippen LogP contribution is -2.23. The molecular formula is C20H24N4O3. The van der Waals surface area contributed by atoms with Crippen molar-refractivity contribution >= 4 is 23.5 Å². The number of hydrogen-bond acceptors (Lipinski definition) is 5. The summed E-state index contributed by atoms with van der Waals surface area (Å²) in [5, 5.41) is 5.46. The number of nitrogens with zero attached hydrogens (tertiary/aromatic N) is 2. The second-order valence-electron chi connectivity index (χ2n) is 6.33. The molecule has 27 heavy (non-hydrogen) atoms. The first-order chi connectivity index (χ1) is 13.2. The van der Waals surface area contributed by atoms with E-state index in [-0.39, 0.29) is 12.5 Å². The molecule has 7 heteroatoms. The Morgan fingerprint density at radius 1 is 1.19 bits per heavy atom. The molecule has 1 fully saturated rings. The van der Waals surface area contributed by atoms with Crippen LogP contribution in [0.5, 0.6) is 0 Å². The van der Waals surface area contributed by atoms with E-state index in [0.717, 1.165) is 24.5 Å². The van der Waals surface area contributed by atoms with Gasteiger partial charge in [-0.05, 0) is 49.6 Å². The lowest BCUT2D eigenvalue weighted by molar-refractivity contribution is 0.0950. The summed E-state index contributed by atoms with van der Waals surface area (Å²) in [6.07, 6.45) is 3.68. The van der Waals surface area contributed by atoms with Gasteiger partial charge >= 0.3 is 6.09 Å². The van der Waals surface area contributed by atoms with Crippen LogP contribution in [0.2, 0.25) is 0 Å². The van der Waals surface area contributed by atoms with E-state index in [4.69, 9.17) is 4.74 Å². The van der Waals surface area contributed by atoms with Gasteiger partial charge in [0.1, 0.15) is 5.82 Å². The highest BCUT2D eigenvalue weighted by molar-refractivity contribution is 5.96. The van der Waals surface area contributed by atoms with Gasteiger partial charge < -0.3 is 15.0 Å². The van der Waals surface area contributed by atoms with Gasteiger partial charge in [0.05, 0.1) is 6.61 Å². The van der Waals surface area contributed by atoms with Gasteiger partial charge in [-0.15, -0.1) is 0 Å². The van der Waals surface area contributed by atoms with Crippen molar-refractivity contribution in [2.75, 3.05) is 29.9 Å². The number of hydrogen-bond donors (Lipinski definition) is 2. The van der Waals surface area contributed by atoms with Crippen LogP contribution < -0.4 is 15.5 Å². The van der Waals surface area contributed by atoms with Gasteiger partial charge in [0.15, 0.2) is 0 Å². The van der Waals surface area contributed by atoms with Gasteiger partial charge in [0, 0.05) is 37.1 Å². The molecular weight excluding hydrogens is 344 g/mol. The predicted octanol–water partition coefficient (Wildman–Crippen LogP) is 3.18. The number of carbonyl (C=O) groups is 2. The van der Waals surface area contributed by atoms with Crippen LogP contribution in [0.1, 0.15) is 35.7 Å². The van der Waals surface area contributed by atoms with Crippen LogP contribution in [0.25, 0.3) is 0 Å². The Morgan fingerprint density at radius 2 is 2.00 bits per heavy atom. The summed E-state index contributed by atoms with van der Waals surface area (Å²) in [6, 6.07) is 10.7. The van der Waals surface area contributed by atoms with Crippen LogP contribution in [-0.4, -0.2) is 36.7 Å². The fourth-order valence-electron chi connectivity index (χ4n) is 2.96. The summed E-state index contributed by atoms with van der Waals surface area (Å²) in [6.45, 7) is 4.52. The first-order valence-corrected chi connectivity index (χ1v) is 9.17. The average molecular weight is 368 g/mol. The molecule has 2 N–H and O–H groups in total. The van der Waals surface area contributed by atoms with Crippen LogP contribution >= 0.6 is 0 Å². The highest BCUT2D eigenvalue weighted by Crippen LogP contribution is 2.17. The predicted molar refractivity (Wildman–Crippen MR) is 104 cm³/mol. The maximum atomic E-state index is 12.4. The molecule has 0 aliphatic carbocycles. The Kier molecular flexibility index (Phi) is 6.25. The minimum Gasteiger partial charge on any atom is -0.450 e. The van der Waals surface area contributed by atoms with Crippen molar-refractivity contribution in [1.29, 1.82) is 0 Å². The van der Waals surface area contributed by atoms with Gasteiger partial charge in [-0.2, -0.15) is 0 Å². The Hall–Kier alpha value is -3.09. The Balaban J connectivity index is 1.55. The molecule has 1 aromatic heterocycles. The second kappa shape index (κ2) is 9.02.